The van der Waals surface area contributed by atoms with Crippen molar-refractivity contribution in [3.63, 3.8) is 0 Å². The third-order valence-corrected chi connectivity index (χ3v) is 9.13. The summed E-state index contributed by atoms with van der Waals surface area (Å²) < 4.78 is 39.3. The van der Waals surface area contributed by atoms with Crippen molar-refractivity contribution in [1.29, 1.82) is 0 Å². The smallest absolute Gasteiger partial charge is 0.331 e. The summed E-state index contributed by atoms with van der Waals surface area (Å²) in [5.41, 5.74) is -1.15. The van der Waals surface area contributed by atoms with Crippen LogP contribution < -0.4 is 14.9 Å². The van der Waals surface area contributed by atoms with Gasteiger partial charge in [0, 0.05) is 23.8 Å². The highest BCUT2D eigenvalue weighted by molar-refractivity contribution is 5.89. The molecule has 2 fully saturated rings. The molecule has 10 N–H and O–H groups in total. The van der Waals surface area contributed by atoms with Crippen LogP contribution in [-0.4, -0.2) is 132 Å². The number of aliphatic hydroxyl groups excluding tert-OH is 5. The molecule has 1 aromatic heterocycles. The van der Waals surface area contributed by atoms with Gasteiger partial charge in [-0.1, -0.05) is 6.07 Å². The van der Waals surface area contributed by atoms with Crippen molar-refractivity contribution in [3.8, 4) is 51.6 Å². The van der Waals surface area contributed by atoms with Crippen LogP contribution in [0.2, 0.25) is 0 Å². The first kappa shape index (κ1) is 40.0. The molecule has 6 rings (SSSR count). The largest absolute Gasteiger partial charge is 0.508 e. The predicted molar refractivity (Wildman–Crippen MR) is 188 cm³/mol. The van der Waals surface area contributed by atoms with Crippen LogP contribution in [0.3, 0.4) is 0 Å². The van der Waals surface area contributed by atoms with E-state index < -0.39 is 119 Å². The number of esters is 1. The van der Waals surface area contributed by atoms with Crippen molar-refractivity contribution >= 4 is 23.0 Å². The molecule has 19 heteroatoms. The highest BCUT2D eigenvalue weighted by Gasteiger charge is 2.50. The lowest BCUT2D eigenvalue weighted by Gasteiger charge is -2.43. The van der Waals surface area contributed by atoms with Crippen molar-refractivity contribution in [3.05, 3.63) is 70.4 Å². The van der Waals surface area contributed by atoms with Crippen LogP contribution in [0.5, 0.6) is 40.2 Å². The highest BCUT2D eigenvalue weighted by Crippen LogP contribution is 2.40. The molecule has 2 saturated heterocycles. The average Bonchev–Trinajstić information content (AvgIpc) is 3.16. The van der Waals surface area contributed by atoms with E-state index in [9.17, 15) is 60.7 Å². The fourth-order valence-corrected chi connectivity index (χ4v) is 6.09. The van der Waals surface area contributed by atoms with Gasteiger partial charge in [-0.2, -0.15) is 0 Å². The van der Waals surface area contributed by atoms with Crippen LogP contribution in [0.4, 0.5) is 0 Å². The fourth-order valence-electron chi connectivity index (χ4n) is 6.09. The molecule has 3 aromatic carbocycles. The molecule has 2 aliphatic rings. The predicted octanol–water partition coefficient (Wildman–Crippen LogP) is 0.291. The Hall–Kier alpha value is -5.64. The maximum absolute atomic E-state index is 14.1. The van der Waals surface area contributed by atoms with E-state index in [1.807, 2.05) is 0 Å². The molecule has 0 bridgehead atoms. The number of rotatable bonds is 10. The first-order chi connectivity index (χ1) is 26.6. The number of aliphatic hydroxyl groups is 5. The Labute approximate surface area is 315 Å². The molecule has 0 spiro atoms. The van der Waals surface area contributed by atoms with Gasteiger partial charge in [-0.3, -0.25) is 4.79 Å². The molecule has 0 radical (unpaired) electrons. The number of fused-ring (bicyclic) bond motifs is 1. The number of phenols is 5. The minimum absolute atomic E-state index is 0.0903. The minimum Gasteiger partial charge on any atom is -0.508 e. The zero-order valence-electron chi connectivity index (χ0n) is 29.4. The van der Waals surface area contributed by atoms with Gasteiger partial charge in [-0.05, 0) is 48.9 Å². The Bertz CT molecular complexity index is 2170. The lowest BCUT2D eigenvalue weighted by atomic mass is 9.98. The van der Waals surface area contributed by atoms with Gasteiger partial charge in [0.15, 0.2) is 41.2 Å². The monoisotopic (exact) mass is 786 g/mol. The summed E-state index contributed by atoms with van der Waals surface area (Å²) in [6.07, 6.45) is -14.8. The Morgan fingerprint density at radius 3 is 2.23 bits per heavy atom. The van der Waals surface area contributed by atoms with E-state index in [0.29, 0.717) is 5.56 Å². The van der Waals surface area contributed by atoms with E-state index in [2.05, 4.69) is 0 Å². The van der Waals surface area contributed by atoms with Gasteiger partial charge in [-0.25, -0.2) is 4.79 Å². The van der Waals surface area contributed by atoms with E-state index >= 15 is 0 Å². The van der Waals surface area contributed by atoms with Crippen LogP contribution in [0.15, 0.2) is 63.8 Å². The molecule has 3 heterocycles. The number of ether oxygens (including phenoxy) is 6. The fraction of sp³-hybridized carbons (Fsp3) is 0.351. The first-order valence-electron chi connectivity index (χ1n) is 16.9. The molecular weight excluding hydrogens is 748 g/mol. The molecule has 300 valence electrons. The van der Waals surface area contributed by atoms with E-state index in [-0.39, 0.29) is 22.6 Å². The molecule has 0 amide bonds. The Kier molecular flexibility index (Phi) is 11.6. The zero-order chi connectivity index (χ0) is 40.6. The van der Waals surface area contributed by atoms with E-state index in [4.69, 9.17) is 32.8 Å². The zero-order valence-corrected chi connectivity index (χ0v) is 29.4. The third kappa shape index (κ3) is 8.01. The van der Waals surface area contributed by atoms with Gasteiger partial charge in [-0.15, -0.1) is 0 Å². The Morgan fingerprint density at radius 1 is 0.786 bits per heavy atom. The summed E-state index contributed by atoms with van der Waals surface area (Å²) in [5.74, 6) is -4.84. The summed E-state index contributed by atoms with van der Waals surface area (Å²) in [6, 6.07) is 9.29. The van der Waals surface area contributed by atoms with E-state index in [1.54, 1.807) is 0 Å². The number of hydrogen-bond donors (Lipinski definition) is 10. The van der Waals surface area contributed by atoms with Crippen LogP contribution in [-0.2, 0) is 23.7 Å². The summed E-state index contributed by atoms with van der Waals surface area (Å²) in [4.78, 5) is 27.2. The maximum Gasteiger partial charge on any atom is 0.331 e. The van der Waals surface area contributed by atoms with E-state index in [0.717, 1.165) is 30.3 Å². The second-order valence-corrected chi connectivity index (χ2v) is 13.0. The lowest BCUT2D eigenvalue weighted by Crippen LogP contribution is -2.62. The van der Waals surface area contributed by atoms with Crippen molar-refractivity contribution in [2.24, 2.45) is 0 Å². The number of phenolic OH excluding ortho intramolecular Hbond substituents is 5. The second kappa shape index (κ2) is 16.2. The number of carbonyl (C=O) groups excluding carboxylic acids is 1. The number of benzene rings is 3. The molecule has 19 nitrogen and oxygen atoms in total. The van der Waals surface area contributed by atoms with Crippen molar-refractivity contribution in [1.82, 2.24) is 0 Å². The number of carbonyl (C=O) groups is 1. The first-order valence-corrected chi connectivity index (χ1v) is 16.9. The molecule has 4 aromatic rings. The number of hydrogen-bond acceptors (Lipinski definition) is 19. The normalized spacial score (nSPS) is 28.0. The van der Waals surface area contributed by atoms with Crippen molar-refractivity contribution in [2.75, 3.05) is 13.7 Å². The molecule has 10 atom stereocenters. The molecule has 56 heavy (non-hydrogen) atoms. The number of methoxy groups -OCH3 is 1. The Balaban J connectivity index is 1.38. The van der Waals surface area contributed by atoms with Gasteiger partial charge in [0.05, 0.1) is 19.8 Å². The maximum atomic E-state index is 14.1. The van der Waals surface area contributed by atoms with Crippen LogP contribution in [0, 0.1) is 0 Å². The molecule has 0 saturated carbocycles. The lowest BCUT2D eigenvalue weighted by molar-refractivity contribution is -0.319. The van der Waals surface area contributed by atoms with Crippen LogP contribution in [0.1, 0.15) is 12.5 Å². The average molecular weight is 787 g/mol. The Morgan fingerprint density at radius 2 is 1.52 bits per heavy atom. The third-order valence-electron chi connectivity index (χ3n) is 9.13. The molecular formula is C37H38O19. The quantitative estimate of drug-likeness (QED) is 0.0587. The second-order valence-electron chi connectivity index (χ2n) is 13.0. The minimum atomic E-state index is -2.05. The van der Waals surface area contributed by atoms with Gasteiger partial charge in [0.25, 0.3) is 0 Å². The number of aromatic hydroxyl groups is 5. The SMILES string of the molecule is COc1cc(/C=C/C(=O)O[C@H]2[C@H](Oc3c(-c4ccc(O)c(O)c4)oc4cc(O)cc(O)c4c3=O)O[C@H](CO[C@@H]3O[C@@H](C)[C@H](O)[C@@H](O)[C@H]3O)[C@@H](O)[C@@H]2O)ccc1O. The van der Waals surface area contributed by atoms with Gasteiger partial charge < -0.3 is 83.9 Å². The van der Waals surface area contributed by atoms with E-state index in [1.165, 1.54) is 44.4 Å². The molecule has 2 aliphatic heterocycles. The molecule has 0 unspecified atom stereocenters. The topological polar surface area (TPSA) is 305 Å². The van der Waals surface area contributed by atoms with Gasteiger partial charge in [0.1, 0.15) is 59.1 Å². The summed E-state index contributed by atoms with van der Waals surface area (Å²) >= 11 is 0. The summed E-state index contributed by atoms with van der Waals surface area (Å²) in [7, 11) is 1.32. The summed E-state index contributed by atoms with van der Waals surface area (Å²) in [5, 5.41) is 104. The van der Waals surface area contributed by atoms with Gasteiger partial charge in [0.2, 0.25) is 17.5 Å². The molecule has 0 aliphatic carbocycles. The summed E-state index contributed by atoms with van der Waals surface area (Å²) in [6.45, 7) is 0.713. The van der Waals surface area contributed by atoms with Crippen LogP contribution >= 0.6 is 0 Å². The van der Waals surface area contributed by atoms with Gasteiger partial charge >= 0.3 is 5.97 Å². The van der Waals surface area contributed by atoms with Crippen molar-refractivity contribution in [2.45, 2.75) is 68.3 Å². The standard InChI is InChI=1S/C37H38O19/c1-14-27(44)30(47)32(49)36(52-14)51-13-24-28(45)31(48)35(55-25(43)8-4-15-3-6-19(40)22(9-15)50-2)37(54-24)56-34-29(46)26-21(42)11-17(38)12-23(26)53-33(34)16-5-7-18(39)20(41)10-16/h3-12,14,24,27-28,30-32,35-42,44-45,47-49H,13H2,1-2H3/b8-4+/t14-,24+,27-,28+,30+,31-,32+,35+,36+,37-/m0/s1. The van der Waals surface area contributed by atoms with Crippen molar-refractivity contribution < 1.29 is 88.7 Å². The highest BCUT2D eigenvalue weighted by atomic mass is 16.7. The van der Waals surface area contributed by atoms with Crippen LogP contribution in [0.25, 0.3) is 28.4 Å².